The second-order valence-corrected chi connectivity index (χ2v) is 6.64. The lowest BCUT2D eigenvalue weighted by molar-refractivity contribution is -0.118. The highest BCUT2D eigenvalue weighted by molar-refractivity contribution is 7.93. The minimum atomic E-state index is -3.97. The number of phenolic OH excluding ortho intramolecular Hbond substituents is 1. The summed E-state index contributed by atoms with van der Waals surface area (Å²) in [7, 11) is -3.97. The van der Waals surface area contributed by atoms with Crippen LogP contribution in [0, 0.1) is 0 Å². The first-order valence-corrected chi connectivity index (χ1v) is 7.62. The van der Waals surface area contributed by atoms with Gasteiger partial charge in [0.05, 0.1) is 10.6 Å². The minimum Gasteiger partial charge on any atom is -0.506 e. The molecule has 2 aromatic rings. The van der Waals surface area contributed by atoms with Crippen molar-refractivity contribution >= 4 is 32.4 Å². The third-order valence-corrected chi connectivity index (χ3v) is 5.43. The van der Waals surface area contributed by atoms with E-state index in [1.54, 1.807) is 6.07 Å². The van der Waals surface area contributed by atoms with Crippen molar-refractivity contribution < 1.29 is 18.3 Å². The predicted molar refractivity (Wildman–Crippen MR) is 75.6 cm³/mol. The molecular weight excluding hydrogens is 294 g/mol. The van der Waals surface area contributed by atoms with Gasteiger partial charge in [0, 0.05) is 11.6 Å². The molecule has 0 saturated carbocycles. The maximum absolute atomic E-state index is 12.7. The number of hydrogen-bond donors (Lipinski definition) is 2. The van der Waals surface area contributed by atoms with E-state index in [-0.39, 0.29) is 27.3 Å². The molecule has 1 aromatic carbocycles. The molecule has 0 saturated heterocycles. The Morgan fingerprint density at radius 3 is 2.71 bits per heavy atom. The Morgan fingerprint density at radius 2 is 2.05 bits per heavy atom. The number of pyridine rings is 1. The van der Waals surface area contributed by atoms with Crippen LogP contribution < -0.4 is 5.43 Å². The largest absolute Gasteiger partial charge is 0.506 e. The number of fused-ring (bicyclic) bond motifs is 1. The molecule has 0 fully saturated rings. The monoisotopic (exact) mass is 305 g/mol. The van der Waals surface area contributed by atoms with E-state index >= 15 is 0 Å². The normalized spacial score (nSPS) is 18.6. The maximum Gasteiger partial charge on any atom is 0.264 e. The summed E-state index contributed by atoms with van der Waals surface area (Å²) in [5.41, 5.74) is 2.52. The molecule has 1 aliphatic rings. The first kappa shape index (κ1) is 13.5. The number of sulfone groups is 1. The molecule has 21 heavy (non-hydrogen) atoms. The molecule has 2 N–H and O–H groups in total. The topological polar surface area (TPSA) is 109 Å². The lowest BCUT2D eigenvalue weighted by atomic mass is 10.2. The van der Waals surface area contributed by atoms with Gasteiger partial charge in [0.15, 0.2) is 15.1 Å². The summed E-state index contributed by atoms with van der Waals surface area (Å²) < 4.78 is 25.5. The van der Waals surface area contributed by atoms with Crippen LogP contribution in [0.1, 0.15) is 6.92 Å². The fourth-order valence-electron chi connectivity index (χ4n) is 2.32. The fourth-order valence-corrected chi connectivity index (χ4v) is 4.14. The van der Waals surface area contributed by atoms with Crippen LogP contribution in [-0.2, 0) is 14.6 Å². The highest BCUT2D eigenvalue weighted by Gasteiger charge is 2.40. The van der Waals surface area contributed by atoms with Gasteiger partial charge in [-0.25, -0.2) is 13.8 Å². The van der Waals surface area contributed by atoms with Crippen LogP contribution in [0.5, 0.6) is 5.75 Å². The van der Waals surface area contributed by atoms with Crippen LogP contribution in [0.25, 0.3) is 10.9 Å². The number of hydrazone groups is 1. The average molecular weight is 305 g/mol. The number of phenols is 1. The van der Waals surface area contributed by atoms with Crippen molar-refractivity contribution in [3.05, 3.63) is 30.5 Å². The van der Waals surface area contributed by atoms with Crippen LogP contribution in [0.15, 0.2) is 40.5 Å². The van der Waals surface area contributed by atoms with Gasteiger partial charge in [-0.05, 0) is 31.2 Å². The van der Waals surface area contributed by atoms with E-state index in [2.05, 4.69) is 15.5 Å². The van der Waals surface area contributed by atoms with Crippen molar-refractivity contribution in [3.8, 4) is 5.75 Å². The van der Waals surface area contributed by atoms with Crippen molar-refractivity contribution in [2.24, 2.45) is 5.10 Å². The maximum atomic E-state index is 12.7. The number of nitrogens with zero attached hydrogens (tertiary/aromatic N) is 2. The van der Waals surface area contributed by atoms with Gasteiger partial charge in [0.2, 0.25) is 0 Å². The summed E-state index contributed by atoms with van der Waals surface area (Å²) >= 11 is 0. The molecule has 2 heterocycles. The second-order valence-electron chi connectivity index (χ2n) is 4.64. The van der Waals surface area contributed by atoms with E-state index in [9.17, 15) is 18.3 Å². The zero-order chi connectivity index (χ0) is 15.2. The number of benzene rings is 1. The number of carbonyl (C=O) groups is 1. The number of rotatable bonds is 2. The predicted octanol–water partition coefficient (Wildman–Crippen LogP) is 0.588. The molecule has 1 aromatic heterocycles. The van der Waals surface area contributed by atoms with Gasteiger partial charge in [-0.2, -0.15) is 5.10 Å². The molecule has 0 unspecified atom stereocenters. The molecule has 0 bridgehead atoms. The Hall–Kier alpha value is -2.48. The summed E-state index contributed by atoms with van der Waals surface area (Å²) in [6.07, 6.45) is 1.45. The third kappa shape index (κ3) is 1.95. The van der Waals surface area contributed by atoms with Gasteiger partial charge in [0.25, 0.3) is 5.91 Å². The van der Waals surface area contributed by atoms with E-state index in [0.29, 0.717) is 0 Å². The summed E-state index contributed by atoms with van der Waals surface area (Å²) in [6, 6.07) is 5.62. The number of nitrogens with one attached hydrogen (secondary N) is 1. The first-order chi connectivity index (χ1) is 9.93. The minimum absolute atomic E-state index is 0.0556. The summed E-state index contributed by atoms with van der Waals surface area (Å²) in [6.45, 7) is 1.47. The van der Waals surface area contributed by atoms with Gasteiger partial charge >= 0.3 is 0 Å². The zero-order valence-electron chi connectivity index (χ0n) is 10.9. The highest BCUT2D eigenvalue weighted by atomic mass is 32.2. The van der Waals surface area contributed by atoms with Crippen molar-refractivity contribution in [2.45, 2.75) is 17.1 Å². The van der Waals surface area contributed by atoms with E-state index in [1.807, 2.05) is 0 Å². The summed E-state index contributed by atoms with van der Waals surface area (Å²) in [5.74, 6) is -0.802. The molecule has 1 aliphatic heterocycles. The third-order valence-electron chi connectivity index (χ3n) is 3.29. The first-order valence-electron chi connectivity index (χ1n) is 6.07. The Labute approximate surface area is 120 Å². The number of carbonyl (C=O) groups excluding carboxylic acids is 1. The van der Waals surface area contributed by atoms with Gasteiger partial charge in [-0.1, -0.05) is 0 Å². The van der Waals surface area contributed by atoms with Gasteiger partial charge in [-0.3, -0.25) is 9.78 Å². The second kappa shape index (κ2) is 4.52. The van der Waals surface area contributed by atoms with Crippen molar-refractivity contribution in [1.82, 2.24) is 10.4 Å². The molecule has 1 amide bonds. The van der Waals surface area contributed by atoms with Crippen LogP contribution in [0.3, 0.4) is 0 Å². The van der Waals surface area contributed by atoms with Crippen molar-refractivity contribution in [2.75, 3.05) is 0 Å². The van der Waals surface area contributed by atoms with Crippen LogP contribution in [0.4, 0.5) is 0 Å². The number of hydrogen-bond acceptors (Lipinski definition) is 6. The van der Waals surface area contributed by atoms with Gasteiger partial charge in [0.1, 0.15) is 11.3 Å². The fraction of sp³-hybridized carbons (Fsp3) is 0.154. The SMILES string of the molecule is CC1=NNC(=O)[C@H]1S(=O)(=O)c1ccc(O)c2ncccc12. The van der Waals surface area contributed by atoms with E-state index in [0.717, 1.165) is 0 Å². The summed E-state index contributed by atoms with van der Waals surface area (Å²) in [5, 5.41) is 12.3. The molecule has 3 rings (SSSR count). The van der Waals surface area contributed by atoms with Crippen molar-refractivity contribution in [1.29, 1.82) is 0 Å². The Balaban J connectivity index is 2.28. The zero-order valence-corrected chi connectivity index (χ0v) is 11.8. The van der Waals surface area contributed by atoms with Crippen molar-refractivity contribution in [3.63, 3.8) is 0 Å². The van der Waals surface area contributed by atoms with Crippen LogP contribution in [0.2, 0.25) is 0 Å². The highest BCUT2D eigenvalue weighted by Crippen LogP contribution is 2.31. The molecule has 1 atom stereocenters. The molecule has 8 heteroatoms. The molecule has 0 aliphatic carbocycles. The smallest absolute Gasteiger partial charge is 0.264 e. The molecule has 0 radical (unpaired) electrons. The Kier molecular flexibility index (Phi) is 2.91. The van der Waals surface area contributed by atoms with Crippen LogP contribution >= 0.6 is 0 Å². The van der Waals surface area contributed by atoms with Gasteiger partial charge < -0.3 is 5.11 Å². The molecule has 0 spiro atoms. The number of aromatic hydroxyl groups is 1. The lowest BCUT2D eigenvalue weighted by Gasteiger charge is -2.12. The van der Waals surface area contributed by atoms with E-state index in [1.165, 1.54) is 31.3 Å². The summed E-state index contributed by atoms with van der Waals surface area (Å²) in [4.78, 5) is 15.7. The molecule has 108 valence electrons. The Bertz CT molecular complexity index is 889. The lowest BCUT2D eigenvalue weighted by Crippen LogP contribution is -2.36. The average Bonchev–Trinajstić information content (AvgIpc) is 2.79. The quantitative estimate of drug-likeness (QED) is 0.844. The number of aromatic nitrogens is 1. The number of amides is 1. The standard InChI is InChI=1S/C13H11N3O4S/c1-7-12(13(18)16-15-7)21(19,20)10-5-4-9(17)11-8(10)3-2-6-14-11/h2-6,12,17H,1H3,(H,16,18)/t12-/m0/s1. The Morgan fingerprint density at radius 1 is 1.29 bits per heavy atom. The van der Waals surface area contributed by atoms with E-state index < -0.39 is 21.0 Å². The molecular formula is C13H11N3O4S. The van der Waals surface area contributed by atoms with E-state index in [4.69, 9.17) is 0 Å². The van der Waals surface area contributed by atoms with Crippen LogP contribution in [-0.4, -0.2) is 35.4 Å². The molecule has 7 nitrogen and oxygen atoms in total. The van der Waals surface area contributed by atoms with Gasteiger partial charge in [-0.15, -0.1) is 0 Å².